The van der Waals surface area contributed by atoms with Gasteiger partial charge in [-0.15, -0.1) is 0 Å². The molecule has 3 aromatic rings. The van der Waals surface area contributed by atoms with Gasteiger partial charge in [-0.3, -0.25) is 14.5 Å². The van der Waals surface area contributed by atoms with Gasteiger partial charge in [0.25, 0.3) is 11.7 Å². The van der Waals surface area contributed by atoms with Crippen LogP contribution in [0.15, 0.2) is 78.4 Å². The Kier molecular flexibility index (Phi) is 4.75. The molecule has 1 amide bonds. The van der Waals surface area contributed by atoms with E-state index in [1.165, 1.54) is 24.3 Å². The molecule has 0 aliphatic carbocycles. The fourth-order valence-electron chi connectivity index (χ4n) is 3.63. The van der Waals surface area contributed by atoms with Crippen molar-refractivity contribution < 1.29 is 24.9 Å². The Hall–Kier alpha value is -4.06. The quantitative estimate of drug-likeness (QED) is 0.350. The van der Waals surface area contributed by atoms with Crippen LogP contribution in [0.5, 0.6) is 11.5 Å². The number of rotatable bonds is 3. The number of benzene rings is 3. The number of nitrogens with zero attached hydrogens (tertiary/aromatic N) is 1. The van der Waals surface area contributed by atoms with Gasteiger partial charge in [-0.1, -0.05) is 54.1 Å². The van der Waals surface area contributed by atoms with Gasteiger partial charge in [-0.25, -0.2) is 0 Å². The Morgan fingerprint density at radius 1 is 0.900 bits per heavy atom. The molecule has 0 radical (unpaired) electrons. The van der Waals surface area contributed by atoms with Crippen LogP contribution in [-0.4, -0.2) is 27.0 Å². The third-order valence-electron chi connectivity index (χ3n) is 5.10. The minimum atomic E-state index is -1.02. The molecule has 1 aliphatic heterocycles. The van der Waals surface area contributed by atoms with Crippen LogP contribution < -0.4 is 4.90 Å². The first-order valence-electron chi connectivity index (χ1n) is 9.33. The number of phenolic OH excluding ortho intramolecular Hbond substituents is 2. The third kappa shape index (κ3) is 3.18. The van der Waals surface area contributed by atoms with Crippen molar-refractivity contribution in [3.05, 3.63) is 95.1 Å². The Labute approximate surface area is 173 Å². The van der Waals surface area contributed by atoms with Crippen LogP contribution in [0.3, 0.4) is 0 Å². The molecule has 3 aromatic carbocycles. The molecule has 0 spiro atoms. The highest BCUT2D eigenvalue weighted by atomic mass is 16.3. The predicted molar refractivity (Wildman–Crippen MR) is 112 cm³/mol. The standard InChI is InChI=1S/C24H19NO5/c1-14-9-11-15(12-10-14)22(28)20-21(16-5-4-6-17(26)13-16)25(24(30)23(20)29)18-7-2-3-8-19(18)27/h2-13,21,26-28H,1H3/b22-20-. The maximum atomic E-state index is 13.0. The van der Waals surface area contributed by atoms with Gasteiger partial charge < -0.3 is 15.3 Å². The molecule has 1 aliphatic rings. The number of aliphatic hydroxyl groups is 1. The van der Waals surface area contributed by atoms with Crippen LogP contribution in [0.4, 0.5) is 5.69 Å². The summed E-state index contributed by atoms with van der Waals surface area (Å²) >= 11 is 0. The zero-order chi connectivity index (χ0) is 21.4. The second-order valence-electron chi connectivity index (χ2n) is 7.12. The molecule has 6 nitrogen and oxygen atoms in total. The smallest absolute Gasteiger partial charge is 0.300 e. The summed E-state index contributed by atoms with van der Waals surface area (Å²) in [6, 6.07) is 18.2. The van der Waals surface area contributed by atoms with Crippen molar-refractivity contribution in [2.75, 3.05) is 4.90 Å². The van der Waals surface area contributed by atoms with Crippen molar-refractivity contribution in [3.8, 4) is 11.5 Å². The van der Waals surface area contributed by atoms with Gasteiger partial charge in [0, 0.05) is 5.56 Å². The van der Waals surface area contributed by atoms with Gasteiger partial charge in [0.1, 0.15) is 17.3 Å². The molecule has 30 heavy (non-hydrogen) atoms. The number of para-hydroxylation sites is 2. The van der Waals surface area contributed by atoms with E-state index in [0.717, 1.165) is 10.5 Å². The molecule has 0 aromatic heterocycles. The van der Waals surface area contributed by atoms with Crippen molar-refractivity contribution in [2.24, 2.45) is 0 Å². The molecule has 1 atom stereocenters. The number of aromatic hydroxyl groups is 2. The number of carbonyl (C=O) groups is 2. The molecular formula is C24H19NO5. The zero-order valence-electron chi connectivity index (χ0n) is 16.1. The van der Waals surface area contributed by atoms with E-state index in [0.29, 0.717) is 11.1 Å². The first kappa shape index (κ1) is 19.3. The zero-order valence-corrected chi connectivity index (χ0v) is 16.1. The number of amides is 1. The van der Waals surface area contributed by atoms with Crippen molar-refractivity contribution in [1.29, 1.82) is 0 Å². The van der Waals surface area contributed by atoms with E-state index in [1.807, 2.05) is 6.92 Å². The molecule has 0 saturated carbocycles. The summed E-state index contributed by atoms with van der Waals surface area (Å²) in [6.07, 6.45) is 0. The summed E-state index contributed by atoms with van der Waals surface area (Å²) in [5.74, 6) is -2.30. The van der Waals surface area contributed by atoms with Crippen LogP contribution in [0.25, 0.3) is 5.76 Å². The van der Waals surface area contributed by atoms with Crippen LogP contribution >= 0.6 is 0 Å². The van der Waals surface area contributed by atoms with Crippen molar-refractivity contribution in [3.63, 3.8) is 0 Å². The number of Topliss-reactive ketones (excluding diaryl/α,β-unsaturated/α-hetero) is 1. The molecule has 1 heterocycles. The highest BCUT2D eigenvalue weighted by molar-refractivity contribution is 6.51. The highest BCUT2D eigenvalue weighted by Crippen LogP contribution is 2.45. The number of anilines is 1. The summed E-state index contributed by atoms with van der Waals surface area (Å²) in [7, 11) is 0. The van der Waals surface area contributed by atoms with E-state index in [9.17, 15) is 24.9 Å². The lowest BCUT2D eigenvalue weighted by molar-refractivity contribution is -0.132. The number of aryl methyl sites for hydroxylation is 1. The molecule has 1 saturated heterocycles. The van der Waals surface area contributed by atoms with Gasteiger partial charge in [0.05, 0.1) is 17.3 Å². The fourth-order valence-corrected chi connectivity index (χ4v) is 3.63. The Bertz CT molecular complexity index is 1180. The Morgan fingerprint density at radius 3 is 2.27 bits per heavy atom. The lowest BCUT2D eigenvalue weighted by Gasteiger charge is -2.26. The first-order valence-corrected chi connectivity index (χ1v) is 9.33. The van der Waals surface area contributed by atoms with Crippen LogP contribution in [0, 0.1) is 6.92 Å². The average molecular weight is 401 g/mol. The normalized spacial score (nSPS) is 18.0. The van der Waals surface area contributed by atoms with Crippen molar-refractivity contribution in [1.82, 2.24) is 0 Å². The van der Waals surface area contributed by atoms with E-state index < -0.39 is 17.7 Å². The number of aliphatic hydroxyl groups excluding tert-OH is 1. The summed E-state index contributed by atoms with van der Waals surface area (Å²) < 4.78 is 0. The summed E-state index contributed by atoms with van der Waals surface area (Å²) in [4.78, 5) is 27.1. The molecule has 1 unspecified atom stereocenters. The van der Waals surface area contributed by atoms with Crippen molar-refractivity contribution in [2.45, 2.75) is 13.0 Å². The third-order valence-corrected chi connectivity index (χ3v) is 5.10. The van der Waals surface area contributed by atoms with Gasteiger partial charge in [-0.2, -0.15) is 0 Å². The lowest BCUT2D eigenvalue weighted by atomic mass is 9.94. The number of phenols is 2. The maximum absolute atomic E-state index is 13.0. The summed E-state index contributed by atoms with van der Waals surface area (Å²) in [5, 5.41) is 31.3. The Balaban J connectivity index is 1.98. The number of carbonyl (C=O) groups excluding carboxylic acids is 2. The van der Waals surface area contributed by atoms with E-state index in [4.69, 9.17) is 0 Å². The van der Waals surface area contributed by atoms with Gasteiger partial charge in [0.2, 0.25) is 0 Å². The molecule has 6 heteroatoms. The van der Waals surface area contributed by atoms with Crippen molar-refractivity contribution >= 4 is 23.1 Å². The number of hydrogen-bond acceptors (Lipinski definition) is 5. The van der Waals surface area contributed by atoms with Gasteiger partial charge in [-0.05, 0) is 36.8 Å². The fraction of sp³-hybridized carbons (Fsp3) is 0.0833. The molecule has 150 valence electrons. The highest BCUT2D eigenvalue weighted by Gasteiger charge is 2.47. The first-order chi connectivity index (χ1) is 14.4. The lowest BCUT2D eigenvalue weighted by Crippen LogP contribution is -2.29. The molecule has 0 bridgehead atoms. The molecule has 3 N–H and O–H groups in total. The van der Waals surface area contributed by atoms with E-state index in [-0.39, 0.29) is 28.5 Å². The van der Waals surface area contributed by atoms with Crippen LogP contribution in [0.2, 0.25) is 0 Å². The minimum absolute atomic E-state index is 0.0503. The number of hydrogen-bond donors (Lipinski definition) is 3. The van der Waals surface area contributed by atoms with Gasteiger partial charge in [0.15, 0.2) is 0 Å². The second-order valence-corrected chi connectivity index (χ2v) is 7.12. The largest absolute Gasteiger partial charge is 0.508 e. The van der Waals surface area contributed by atoms with E-state index >= 15 is 0 Å². The summed E-state index contributed by atoms with van der Waals surface area (Å²) in [6.45, 7) is 1.90. The topological polar surface area (TPSA) is 98.1 Å². The average Bonchev–Trinajstić information content (AvgIpc) is 2.99. The second kappa shape index (κ2) is 7.40. The maximum Gasteiger partial charge on any atom is 0.300 e. The molecule has 1 fully saturated rings. The monoisotopic (exact) mass is 401 g/mol. The summed E-state index contributed by atoms with van der Waals surface area (Å²) in [5.41, 5.74) is 1.81. The number of ketones is 1. The van der Waals surface area contributed by atoms with E-state index in [1.54, 1.807) is 48.5 Å². The van der Waals surface area contributed by atoms with E-state index in [2.05, 4.69) is 0 Å². The SMILES string of the molecule is Cc1ccc(/C(O)=C2/C(=O)C(=O)N(c3ccccc3O)C2c2cccc(O)c2)cc1. The Morgan fingerprint density at radius 2 is 1.60 bits per heavy atom. The molecular weight excluding hydrogens is 382 g/mol. The predicted octanol–water partition coefficient (Wildman–Crippen LogP) is 4.03. The van der Waals surface area contributed by atoms with Crippen LogP contribution in [0.1, 0.15) is 22.7 Å². The minimum Gasteiger partial charge on any atom is -0.508 e. The molecule has 4 rings (SSSR count). The van der Waals surface area contributed by atoms with Gasteiger partial charge >= 0.3 is 0 Å². The van der Waals surface area contributed by atoms with Crippen LogP contribution in [-0.2, 0) is 9.59 Å².